The number of rotatable bonds is 7. The zero-order valence-corrected chi connectivity index (χ0v) is 17.2. The van der Waals surface area contributed by atoms with Crippen LogP contribution in [-0.4, -0.2) is 68.0 Å². The summed E-state index contributed by atoms with van der Waals surface area (Å²) < 4.78 is 5.11. The van der Waals surface area contributed by atoms with Gasteiger partial charge < -0.3 is 19.9 Å². The van der Waals surface area contributed by atoms with E-state index in [-0.39, 0.29) is 17.8 Å². The van der Waals surface area contributed by atoms with Crippen molar-refractivity contribution in [3.8, 4) is 0 Å². The van der Waals surface area contributed by atoms with Gasteiger partial charge in [-0.2, -0.15) is 0 Å². The number of hydrogen-bond acceptors (Lipinski definition) is 4. The second-order valence-corrected chi connectivity index (χ2v) is 6.97. The zero-order chi connectivity index (χ0) is 20.4. The van der Waals surface area contributed by atoms with Crippen molar-refractivity contribution in [2.24, 2.45) is 10.9 Å². The Morgan fingerprint density at radius 2 is 1.93 bits per heavy atom. The highest BCUT2D eigenvalue weighted by Crippen LogP contribution is 2.18. The minimum absolute atomic E-state index is 0.0254. The zero-order valence-electron chi connectivity index (χ0n) is 17.2. The Hall–Kier alpha value is -2.57. The van der Waals surface area contributed by atoms with E-state index < -0.39 is 0 Å². The summed E-state index contributed by atoms with van der Waals surface area (Å²) in [5.74, 6) is 0.744. The van der Waals surface area contributed by atoms with Gasteiger partial charge in [0, 0.05) is 46.7 Å². The van der Waals surface area contributed by atoms with Crippen LogP contribution in [0.1, 0.15) is 31.7 Å². The van der Waals surface area contributed by atoms with Crippen molar-refractivity contribution in [1.82, 2.24) is 15.1 Å². The van der Waals surface area contributed by atoms with E-state index in [0.717, 1.165) is 37.5 Å². The first-order valence-electron chi connectivity index (χ1n) is 9.95. The van der Waals surface area contributed by atoms with Crippen LogP contribution in [0.3, 0.4) is 0 Å². The van der Waals surface area contributed by atoms with Crippen molar-refractivity contribution in [3.05, 3.63) is 35.9 Å². The van der Waals surface area contributed by atoms with Gasteiger partial charge in [0.2, 0.25) is 5.91 Å². The lowest BCUT2D eigenvalue weighted by Crippen LogP contribution is -2.47. The molecule has 7 heteroatoms. The lowest BCUT2D eigenvalue weighted by Gasteiger charge is -2.33. The number of guanidine groups is 1. The third kappa shape index (κ3) is 6.55. The molecule has 0 saturated carbocycles. The molecule has 1 aliphatic rings. The Balaban J connectivity index is 1.72. The van der Waals surface area contributed by atoms with Crippen LogP contribution in [0.5, 0.6) is 0 Å². The van der Waals surface area contributed by atoms with Crippen molar-refractivity contribution in [2.45, 2.75) is 32.7 Å². The van der Waals surface area contributed by atoms with Crippen LogP contribution >= 0.6 is 0 Å². The first kappa shape index (κ1) is 21.7. The average molecular weight is 389 g/mol. The second-order valence-electron chi connectivity index (χ2n) is 6.97. The van der Waals surface area contributed by atoms with Crippen molar-refractivity contribution in [3.63, 3.8) is 0 Å². The minimum Gasteiger partial charge on any atom is -0.466 e. The number of ether oxygens (including phenoxy) is 1. The van der Waals surface area contributed by atoms with E-state index in [0.29, 0.717) is 26.1 Å². The van der Waals surface area contributed by atoms with Crippen LogP contribution in [0.25, 0.3) is 0 Å². The standard InChI is InChI=1S/C21H32N4O3/c1-4-28-20(27)18-11-14-25(15-12-18)21(22-2)23-13-10-19(26)24(3)16-17-8-6-5-7-9-17/h5-9,18H,4,10-16H2,1-3H3,(H,22,23). The lowest BCUT2D eigenvalue weighted by molar-refractivity contribution is -0.149. The molecule has 2 rings (SSSR count). The molecule has 7 nitrogen and oxygen atoms in total. The monoisotopic (exact) mass is 388 g/mol. The van der Waals surface area contributed by atoms with Gasteiger partial charge in [-0.05, 0) is 25.3 Å². The highest BCUT2D eigenvalue weighted by atomic mass is 16.5. The molecular formula is C21H32N4O3. The summed E-state index contributed by atoms with van der Waals surface area (Å²) in [7, 11) is 3.56. The molecule has 0 aliphatic carbocycles. The van der Waals surface area contributed by atoms with Crippen molar-refractivity contribution < 1.29 is 14.3 Å². The van der Waals surface area contributed by atoms with Gasteiger partial charge in [0.15, 0.2) is 5.96 Å². The molecule has 0 bridgehead atoms. The summed E-state index contributed by atoms with van der Waals surface area (Å²) in [6.45, 7) is 4.90. The molecule has 28 heavy (non-hydrogen) atoms. The van der Waals surface area contributed by atoms with Crippen LogP contribution in [-0.2, 0) is 20.9 Å². The van der Waals surface area contributed by atoms with E-state index in [1.807, 2.05) is 44.3 Å². The third-order valence-electron chi connectivity index (χ3n) is 4.94. The average Bonchev–Trinajstić information content (AvgIpc) is 2.72. The van der Waals surface area contributed by atoms with Gasteiger partial charge in [0.1, 0.15) is 0 Å². The highest BCUT2D eigenvalue weighted by molar-refractivity contribution is 5.82. The molecule has 1 saturated heterocycles. The maximum absolute atomic E-state index is 12.4. The van der Waals surface area contributed by atoms with E-state index in [1.54, 1.807) is 11.9 Å². The summed E-state index contributed by atoms with van der Waals surface area (Å²) in [4.78, 5) is 32.4. The summed E-state index contributed by atoms with van der Waals surface area (Å²) >= 11 is 0. The molecule has 1 aromatic carbocycles. The van der Waals surface area contributed by atoms with Gasteiger partial charge in [-0.15, -0.1) is 0 Å². The summed E-state index contributed by atoms with van der Waals surface area (Å²) in [5.41, 5.74) is 1.12. The number of likely N-dealkylation sites (tertiary alicyclic amines) is 1. The Bertz CT molecular complexity index is 655. The molecule has 0 spiro atoms. The Kier molecular flexibility index (Phi) is 8.78. The number of piperidine rings is 1. The molecule has 154 valence electrons. The maximum atomic E-state index is 12.4. The van der Waals surface area contributed by atoms with Crippen molar-refractivity contribution in [2.75, 3.05) is 40.3 Å². The fraction of sp³-hybridized carbons (Fsp3) is 0.571. The van der Waals surface area contributed by atoms with E-state index in [2.05, 4.69) is 15.2 Å². The van der Waals surface area contributed by atoms with Gasteiger partial charge >= 0.3 is 5.97 Å². The fourth-order valence-electron chi connectivity index (χ4n) is 3.34. The van der Waals surface area contributed by atoms with Crippen LogP contribution in [0.2, 0.25) is 0 Å². The Morgan fingerprint density at radius 1 is 1.25 bits per heavy atom. The van der Waals surface area contributed by atoms with Crippen LogP contribution in [0.15, 0.2) is 35.3 Å². The molecule has 0 unspecified atom stereocenters. The predicted molar refractivity (Wildman–Crippen MR) is 110 cm³/mol. The number of benzene rings is 1. The van der Waals surface area contributed by atoms with Crippen molar-refractivity contribution in [1.29, 1.82) is 0 Å². The van der Waals surface area contributed by atoms with Gasteiger partial charge in [0.25, 0.3) is 0 Å². The number of hydrogen-bond donors (Lipinski definition) is 1. The predicted octanol–water partition coefficient (Wildman–Crippen LogP) is 1.89. The third-order valence-corrected chi connectivity index (χ3v) is 4.94. The molecule has 0 radical (unpaired) electrons. The summed E-state index contributed by atoms with van der Waals surface area (Å²) in [6, 6.07) is 9.96. The topological polar surface area (TPSA) is 74.2 Å². The largest absolute Gasteiger partial charge is 0.466 e. The normalized spacial score (nSPS) is 15.2. The molecule has 0 aromatic heterocycles. The maximum Gasteiger partial charge on any atom is 0.309 e. The SMILES string of the molecule is CCOC(=O)C1CCN(C(=NC)NCCC(=O)N(C)Cc2ccccc2)CC1. The molecule has 1 amide bonds. The number of aliphatic imine (C=N–C) groups is 1. The number of nitrogens with one attached hydrogen (secondary N) is 1. The van der Waals surface area contributed by atoms with Gasteiger partial charge in [-0.3, -0.25) is 14.6 Å². The summed E-state index contributed by atoms with van der Waals surface area (Å²) in [5, 5.41) is 3.27. The molecule has 1 N–H and O–H groups in total. The van der Waals surface area contributed by atoms with Crippen LogP contribution in [0, 0.1) is 5.92 Å². The van der Waals surface area contributed by atoms with E-state index in [1.165, 1.54) is 0 Å². The first-order valence-corrected chi connectivity index (χ1v) is 9.95. The molecule has 1 heterocycles. The fourth-order valence-corrected chi connectivity index (χ4v) is 3.34. The quantitative estimate of drug-likeness (QED) is 0.439. The molecule has 1 aliphatic heterocycles. The minimum atomic E-state index is -0.0999. The highest BCUT2D eigenvalue weighted by Gasteiger charge is 2.27. The smallest absolute Gasteiger partial charge is 0.309 e. The van der Waals surface area contributed by atoms with Crippen LogP contribution < -0.4 is 5.32 Å². The van der Waals surface area contributed by atoms with Gasteiger partial charge in [0.05, 0.1) is 12.5 Å². The second kappa shape index (κ2) is 11.3. The van der Waals surface area contributed by atoms with E-state index in [4.69, 9.17) is 4.74 Å². The van der Waals surface area contributed by atoms with E-state index in [9.17, 15) is 9.59 Å². The number of carbonyl (C=O) groups excluding carboxylic acids is 2. The first-order chi connectivity index (χ1) is 13.5. The lowest BCUT2D eigenvalue weighted by atomic mass is 9.97. The number of carbonyl (C=O) groups is 2. The van der Waals surface area contributed by atoms with Crippen molar-refractivity contribution >= 4 is 17.8 Å². The summed E-state index contributed by atoms with van der Waals surface area (Å²) in [6.07, 6.45) is 1.93. The number of nitrogens with zero attached hydrogens (tertiary/aromatic N) is 3. The van der Waals surface area contributed by atoms with Crippen LogP contribution in [0.4, 0.5) is 0 Å². The number of amides is 1. The van der Waals surface area contributed by atoms with Gasteiger partial charge in [-0.1, -0.05) is 30.3 Å². The van der Waals surface area contributed by atoms with Gasteiger partial charge in [-0.25, -0.2) is 0 Å². The Morgan fingerprint density at radius 3 is 2.54 bits per heavy atom. The number of esters is 1. The Labute approximate surface area is 167 Å². The molecule has 0 atom stereocenters. The van der Waals surface area contributed by atoms with E-state index >= 15 is 0 Å². The molecular weight excluding hydrogens is 356 g/mol. The molecule has 1 aromatic rings. The molecule has 1 fully saturated rings.